The summed E-state index contributed by atoms with van der Waals surface area (Å²) in [7, 11) is 0. The van der Waals surface area contributed by atoms with E-state index in [4.69, 9.17) is 5.11 Å². The van der Waals surface area contributed by atoms with Crippen LogP contribution in [-0.4, -0.2) is 23.7 Å². The number of amides is 2. The summed E-state index contributed by atoms with van der Waals surface area (Å²) in [5.41, 5.74) is -0.215. The fraction of sp³-hybridized carbons (Fsp3) is 0.333. The maximum atomic E-state index is 13.5. The molecule has 5 nitrogen and oxygen atoms in total. The highest BCUT2D eigenvalue weighted by Crippen LogP contribution is 2.26. The predicted octanol–water partition coefficient (Wildman–Crippen LogP) is 2.96. The highest BCUT2D eigenvalue weighted by atomic mass is 79.9. The first kappa shape index (κ1) is 16.4. The Morgan fingerprint density at radius 1 is 1.40 bits per heavy atom. The summed E-state index contributed by atoms with van der Waals surface area (Å²) >= 11 is 2.93. The van der Waals surface area contributed by atoms with Gasteiger partial charge in [0.1, 0.15) is 5.82 Å². The van der Waals surface area contributed by atoms with Gasteiger partial charge in [-0.1, -0.05) is 6.92 Å². The Morgan fingerprint density at radius 3 is 2.55 bits per heavy atom. The largest absolute Gasteiger partial charge is 0.481 e. The lowest BCUT2D eigenvalue weighted by molar-refractivity contribution is -0.141. The molecule has 0 aromatic heterocycles. The molecule has 0 saturated heterocycles. The minimum Gasteiger partial charge on any atom is -0.481 e. The van der Waals surface area contributed by atoms with E-state index in [-0.39, 0.29) is 16.7 Å². The molecule has 1 aromatic rings. The standard InChI is InChI=1S/C12H13BrF2N2O3/c1-2-6(11(18)19)5-16-12(20)17-10-8(13)3-7(14)4-9(10)15/h3-4,6H,2,5H2,1H3,(H,18,19)(H2,16,17,20). The van der Waals surface area contributed by atoms with Crippen LogP contribution in [-0.2, 0) is 4.79 Å². The van der Waals surface area contributed by atoms with Crippen LogP contribution < -0.4 is 10.6 Å². The number of rotatable bonds is 5. The predicted molar refractivity (Wildman–Crippen MR) is 72.5 cm³/mol. The molecule has 2 amide bonds. The highest BCUT2D eigenvalue weighted by Gasteiger charge is 2.17. The number of halogens is 3. The van der Waals surface area contributed by atoms with Crippen molar-refractivity contribution in [2.75, 3.05) is 11.9 Å². The number of aliphatic carboxylic acids is 1. The van der Waals surface area contributed by atoms with E-state index in [0.29, 0.717) is 12.5 Å². The number of hydrogen-bond donors (Lipinski definition) is 3. The van der Waals surface area contributed by atoms with Crippen molar-refractivity contribution in [3.8, 4) is 0 Å². The molecule has 3 N–H and O–H groups in total. The van der Waals surface area contributed by atoms with E-state index in [1.807, 2.05) is 0 Å². The first-order valence-electron chi connectivity index (χ1n) is 5.77. The van der Waals surface area contributed by atoms with Gasteiger partial charge in [-0.3, -0.25) is 4.79 Å². The second-order valence-corrected chi connectivity index (χ2v) is 4.88. The molecule has 20 heavy (non-hydrogen) atoms. The Hall–Kier alpha value is -1.70. The normalized spacial score (nSPS) is 11.8. The van der Waals surface area contributed by atoms with Gasteiger partial charge < -0.3 is 15.7 Å². The molecule has 0 fully saturated rings. The van der Waals surface area contributed by atoms with Crippen LogP contribution >= 0.6 is 15.9 Å². The molecule has 110 valence electrons. The zero-order chi connectivity index (χ0) is 15.3. The van der Waals surface area contributed by atoms with Crippen LogP contribution in [0.3, 0.4) is 0 Å². The molecule has 1 unspecified atom stereocenters. The van der Waals surface area contributed by atoms with Gasteiger partial charge in [0.25, 0.3) is 0 Å². The first-order chi connectivity index (χ1) is 9.35. The summed E-state index contributed by atoms with van der Waals surface area (Å²) in [6.45, 7) is 1.59. The number of anilines is 1. The zero-order valence-corrected chi connectivity index (χ0v) is 12.1. The number of urea groups is 1. The van der Waals surface area contributed by atoms with Crippen molar-refractivity contribution >= 4 is 33.6 Å². The van der Waals surface area contributed by atoms with Gasteiger partial charge in [0.2, 0.25) is 0 Å². The lowest BCUT2D eigenvalue weighted by Crippen LogP contribution is -2.35. The van der Waals surface area contributed by atoms with E-state index in [2.05, 4.69) is 26.6 Å². The Balaban J connectivity index is 2.66. The quantitative estimate of drug-likeness (QED) is 0.763. The van der Waals surface area contributed by atoms with Crippen LogP contribution in [0.2, 0.25) is 0 Å². The maximum absolute atomic E-state index is 13.5. The van der Waals surface area contributed by atoms with Crippen LogP contribution in [0.1, 0.15) is 13.3 Å². The SMILES string of the molecule is CCC(CNC(=O)Nc1c(F)cc(F)cc1Br)C(=O)O. The third-order valence-electron chi connectivity index (χ3n) is 2.60. The molecule has 8 heteroatoms. The van der Waals surface area contributed by atoms with E-state index < -0.39 is 29.6 Å². The van der Waals surface area contributed by atoms with E-state index in [1.54, 1.807) is 6.92 Å². The fourth-order valence-corrected chi connectivity index (χ4v) is 1.95. The molecular weight excluding hydrogens is 338 g/mol. The van der Waals surface area contributed by atoms with Gasteiger partial charge in [-0.05, 0) is 28.4 Å². The van der Waals surface area contributed by atoms with E-state index in [1.165, 1.54) is 0 Å². The smallest absolute Gasteiger partial charge is 0.319 e. The van der Waals surface area contributed by atoms with Gasteiger partial charge in [0, 0.05) is 17.1 Å². The molecule has 0 spiro atoms. The topological polar surface area (TPSA) is 78.4 Å². The average molecular weight is 351 g/mol. The fourth-order valence-electron chi connectivity index (χ4n) is 1.44. The molecule has 1 rings (SSSR count). The molecular formula is C12H13BrF2N2O3. The summed E-state index contributed by atoms with van der Waals surface area (Å²) in [6, 6.07) is 0.868. The maximum Gasteiger partial charge on any atom is 0.319 e. The number of carboxylic acid groups (broad SMARTS) is 1. The van der Waals surface area contributed by atoms with Crippen molar-refractivity contribution in [1.29, 1.82) is 0 Å². The average Bonchev–Trinajstić information content (AvgIpc) is 2.34. The lowest BCUT2D eigenvalue weighted by atomic mass is 10.1. The number of benzene rings is 1. The lowest BCUT2D eigenvalue weighted by Gasteiger charge is -2.13. The van der Waals surface area contributed by atoms with Crippen LogP contribution in [0.15, 0.2) is 16.6 Å². The van der Waals surface area contributed by atoms with Crippen LogP contribution in [0, 0.1) is 17.6 Å². The van der Waals surface area contributed by atoms with Crippen molar-refractivity contribution in [2.45, 2.75) is 13.3 Å². The molecule has 0 radical (unpaired) electrons. The monoisotopic (exact) mass is 350 g/mol. The first-order valence-corrected chi connectivity index (χ1v) is 6.56. The van der Waals surface area contributed by atoms with Crippen molar-refractivity contribution in [2.24, 2.45) is 5.92 Å². The molecule has 1 atom stereocenters. The van der Waals surface area contributed by atoms with Gasteiger partial charge in [-0.2, -0.15) is 0 Å². The molecule has 0 bridgehead atoms. The Kier molecular flexibility index (Phi) is 5.87. The Labute approximate surface area is 122 Å². The van der Waals surface area contributed by atoms with Crippen LogP contribution in [0.25, 0.3) is 0 Å². The molecule has 0 aliphatic heterocycles. The van der Waals surface area contributed by atoms with E-state index in [0.717, 1.165) is 6.07 Å². The summed E-state index contributed by atoms with van der Waals surface area (Å²) in [5.74, 6) is -3.46. The van der Waals surface area contributed by atoms with Crippen molar-refractivity contribution in [3.05, 3.63) is 28.2 Å². The van der Waals surface area contributed by atoms with Crippen molar-refractivity contribution in [1.82, 2.24) is 5.32 Å². The minimum atomic E-state index is -1.03. The summed E-state index contributed by atoms with van der Waals surface area (Å²) in [5, 5.41) is 13.3. The van der Waals surface area contributed by atoms with E-state index >= 15 is 0 Å². The van der Waals surface area contributed by atoms with E-state index in [9.17, 15) is 18.4 Å². The van der Waals surface area contributed by atoms with Gasteiger partial charge in [-0.25, -0.2) is 13.6 Å². The molecule has 1 aromatic carbocycles. The zero-order valence-electron chi connectivity index (χ0n) is 10.5. The van der Waals surface area contributed by atoms with Crippen LogP contribution in [0.5, 0.6) is 0 Å². The molecule has 0 aliphatic rings. The minimum absolute atomic E-state index is 0.0513. The Morgan fingerprint density at radius 2 is 2.05 bits per heavy atom. The molecule has 0 saturated carbocycles. The second kappa shape index (κ2) is 7.18. The van der Waals surface area contributed by atoms with Gasteiger partial charge >= 0.3 is 12.0 Å². The van der Waals surface area contributed by atoms with Gasteiger partial charge in [-0.15, -0.1) is 0 Å². The Bertz CT molecular complexity index is 502. The summed E-state index contributed by atoms with van der Waals surface area (Å²) < 4.78 is 26.4. The highest BCUT2D eigenvalue weighted by molar-refractivity contribution is 9.10. The molecule has 0 heterocycles. The number of carboxylic acids is 1. The summed E-state index contributed by atoms with van der Waals surface area (Å²) in [4.78, 5) is 22.3. The van der Waals surface area contributed by atoms with Gasteiger partial charge in [0.15, 0.2) is 5.82 Å². The second-order valence-electron chi connectivity index (χ2n) is 4.02. The number of carbonyl (C=O) groups is 2. The van der Waals surface area contributed by atoms with Crippen LogP contribution in [0.4, 0.5) is 19.3 Å². The third kappa shape index (κ3) is 4.44. The van der Waals surface area contributed by atoms with Crippen molar-refractivity contribution < 1.29 is 23.5 Å². The number of nitrogens with one attached hydrogen (secondary N) is 2. The van der Waals surface area contributed by atoms with Crippen molar-refractivity contribution in [3.63, 3.8) is 0 Å². The number of hydrogen-bond acceptors (Lipinski definition) is 2. The number of carbonyl (C=O) groups excluding carboxylic acids is 1. The van der Waals surface area contributed by atoms with Gasteiger partial charge in [0.05, 0.1) is 11.6 Å². The third-order valence-corrected chi connectivity index (χ3v) is 3.22. The summed E-state index contributed by atoms with van der Waals surface area (Å²) in [6.07, 6.45) is 0.351. The molecule has 0 aliphatic carbocycles.